The van der Waals surface area contributed by atoms with Gasteiger partial charge in [0.15, 0.2) is 5.78 Å². The summed E-state index contributed by atoms with van der Waals surface area (Å²) in [5.41, 5.74) is 3.49. The number of ketones is 1. The summed E-state index contributed by atoms with van der Waals surface area (Å²) in [5.74, 6) is 6.69. The van der Waals surface area contributed by atoms with E-state index in [4.69, 9.17) is 11.6 Å². The molecule has 7 heteroatoms. The van der Waals surface area contributed by atoms with Gasteiger partial charge in [-0.1, -0.05) is 59.8 Å². The first-order valence-electron chi connectivity index (χ1n) is 12.2. The van der Waals surface area contributed by atoms with Gasteiger partial charge in [-0.05, 0) is 47.5 Å². The standard InChI is InChI=1S/C31H23ClN4O2/c32-29-15-13-24(19-33-29)21-36-16-6-10-26(31(36)38)28(37)11-5-4-9-23-12-14-27-25(17-23)20-34-30(35-27)18-22-7-2-1-3-8-22/h1-3,6-8,10,12-17,19-20H,5,11,18,21H2. The molecule has 0 aliphatic rings. The highest BCUT2D eigenvalue weighted by molar-refractivity contribution is 6.29. The van der Waals surface area contributed by atoms with E-state index in [9.17, 15) is 9.59 Å². The molecule has 0 spiro atoms. The van der Waals surface area contributed by atoms with Crippen molar-refractivity contribution >= 4 is 28.3 Å². The van der Waals surface area contributed by atoms with E-state index in [0.29, 0.717) is 24.5 Å². The third-order valence-electron chi connectivity index (χ3n) is 6.01. The number of Topliss-reactive ketones (excluding diaryl/α,β-unsaturated/α-hetero) is 1. The molecule has 5 aromatic rings. The van der Waals surface area contributed by atoms with Crippen LogP contribution in [0.25, 0.3) is 10.9 Å². The molecule has 0 bridgehead atoms. The van der Waals surface area contributed by atoms with E-state index in [1.54, 1.807) is 36.7 Å². The molecule has 3 aromatic heterocycles. The SMILES string of the molecule is O=C(CCC#Cc1ccc2nc(Cc3ccccc3)ncc2c1)c1cccn(Cc2ccc(Cl)nc2)c1=O. The molecular weight excluding hydrogens is 496 g/mol. The fraction of sp³-hybridized carbons (Fsp3) is 0.129. The summed E-state index contributed by atoms with van der Waals surface area (Å²) in [7, 11) is 0. The normalized spacial score (nSPS) is 10.7. The highest BCUT2D eigenvalue weighted by atomic mass is 35.5. The van der Waals surface area contributed by atoms with E-state index < -0.39 is 0 Å². The van der Waals surface area contributed by atoms with Crippen LogP contribution >= 0.6 is 11.6 Å². The minimum absolute atomic E-state index is 0.158. The summed E-state index contributed by atoms with van der Waals surface area (Å²) in [6, 6.07) is 22.6. The fourth-order valence-corrected chi connectivity index (χ4v) is 4.17. The molecule has 0 saturated heterocycles. The lowest BCUT2D eigenvalue weighted by molar-refractivity contribution is 0.0982. The third-order valence-corrected chi connectivity index (χ3v) is 6.23. The first-order valence-corrected chi connectivity index (χ1v) is 12.5. The van der Waals surface area contributed by atoms with E-state index in [1.165, 1.54) is 4.57 Å². The average Bonchev–Trinajstić information content (AvgIpc) is 2.94. The number of benzene rings is 2. The molecule has 0 aliphatic carbocycles. The maximum Gasteiger partial charge on any atom is 0.261 e. The average molecular weight is 519 g/mol. The Kier molecular flexibility index (Phi) is 7.67. The monoisotopic (exact) mass is 518 g/mol. The molecule has 0 fully saturated rings. The number of pyridine rings is 2. The van der Waals surface area contributed by atoms with Crippen LogP contribution in [0.15, 0.2) is 96.2 Å². The molecule has 0 saturated carbocycles. The van der Waals surface area contributed by atoms with Crippen LogP contribution in [-0.4, -0.2) is 25.3 Å². The Hall–Kier alpha value is -4.60. The van der Waals surface area contributed by atoms with E-state index in [-0.39, 0.29) is 23.3 Å². The second-order valence-electron chi connectivity index (χ2n) is 8.79. The first-order chi connectivity index (χ1) is 18.5. The van der Waals surface area contributed by atoms with Crippen molar-refractivity contribution in [2.24, 2.45) is 0 Å². The van der Waals surface area contributed by atoms with Crippen molar-refractivity contribution < 1.29 is 4.79 Å². The Balaban J connectivity index is 1.21. The van der Waals surface area contributed by atoms with Crippen molar-refractivity contribution in [2.45, 2.75) is 25.8 Å². The minimum Gasteiger partial charge on any atom is -0.310 e. The maximum absolute atomic E-state index is 12.8. The number of carbonyl (C=O) groups excluding carboxylic acids is 1. The highest BCUT2D eigenvalue weighted by Gasteiger charge is 2.12. The number of rotatable bonds is 7. The van der Waals surface area contributed by atoms with E-state index in [2.05, 4.69) is 38.9 Å². The van der Waals surface area contributed by atoms with Gasteiger partial charge < -0.3 is 4.57 Å². The number of nitrogens with zero attached hydrogens (tertiary/aromatic N) is 4. The summed E-state index contributed by atoms with van der Waals surface area (Å²) in [5, 5.41) is 1.29. The van der Waals surface area contributed by atoms with Crippen molar-refractivity contribution in [3.63, 3.8) is 0 Å². The third kappa shape index (κ3) is 6.20. The van der Waals surface area contributed by atoms with Crippen molar-refractivity contribution in [1.29, 1.82) is 0 Å². The molecule has 0 radical (unpaired) electrons. The number of carbonyl (C=O) groups is 1. The van der Waals surface area contributed by atoms with Gasteiger partial charge in [0.2, 0.25) is 0 Å². The highest BCUT2D eigenvalue weighted by Crippen LogP contribution is 2.15. The summed E-state index contributed by atoms with van der Waals surface area (Å²) in [6.45, 7) is 0.309. The zero-order valence-corrected chi connectivity index (χ0v) is 21.2. The van der Waals surface area contributed by atoms with Crippen molar-refractivity contribution in [3.05, 3.63) is 135 Å². The summed E-state index contributed by atoms with van der Waals surface area (Å²) < 4.78 is 1.49. The summed E-state index contributed by atoms with van der Waals surface area (Å²) in [6.07, 6.45) is 6.27. The molecule has 186 valence electrons. The Bertz CT molecular complexity index is 1720. The van der Waals surface area contributed by atoms with Crippen LogP contribution < -0.4 is 5.56 Å². The number of fused-ring (bicyclic) bond motifs is 1. The zero-order valence-electron chi connectivity index (χ0n) is 20.5. The molecule has 0 atom stereocenters. The van der Waals surface area contributed by atoms with Gasteiger partial charge in [-0.2, -0.15) is 0 Å². The van der Waals surface area contributed by atoms with Gasteiger partial charge in [-0.3, -0.25) is 9.59 Å². The van der Waals surface area contributed by atoms with Gasteiger partial charge in [0, 0.05) is 48.8 Å². The Labute approximate surface area is 225 Å². The van der Waals surface area contributed by atoms with Crippen LogP contribution in [-0.2, 0) is 13.0 Å². The molecule has 38 heavy (non-hydrogen) atoms. The molecule has 0 unspecified atom stereocenters. The van der Waals surface area contributed by atoms with Crippen LogP contribution in [0.1, 0.15) is 45.7 Å². The molecule has 2 aromatic carbocycles. The molecule has 6 nitrogen and oxygen atoms in total. The van der Waals surface area contributed by atoms with E-state index in [1.807, 2.05) is 42.6 Å². The Morgan fingerprint density at radius 3 is 2.61 bits per heavy atom. The number of hydrogen-bond acceptors (Lipinski definition) is 5. The molecule has 5 rings (SSSR count). The van der Waals surface area contributed by atoms with Crippen LogP contribution in [0.3, 0.4) is 0 Å². The Morgan fingerprint density at radius 2 is 1.79 bits per heavy atom. The first kappa shape index (κ1) is 25.1. The van der Waals surface area contributed by atoms with Gasteiger partial charge in [-0.15, -0.1) is 0 Å². The van der Waals surface area contributed by atoms with Crippen molar-refractivity contribution in [3.8, 4) is 11.8 Å². The largest absolute Gasteiger partial charge is 0.310 e. The van der Waals surface area contributed by atoms with Crippen molar-refractivity contribution in [2.75, 3.05) is 0 Å². The lowest BCUT2D eigenvalue weighted by atomic mass is 10.1. The van der Waals surface area contributed by atoms with Gasteiger partial charge >= 0.3 is 0 Å². The van der Waals surface area contributed by atoms with Gasteiger partial charge in [0.1, 0.15) is 11.0 Å². The Morgan fingerprint density at radius 1 is 0.921 bits per heavy atom. The van der Waals surface area contributed by atoms with Crippen LogP contribution in [0.5, 0.6) is 0 Å². The van der Waals surface area contributed by atoms with Crippen LogP contribution in [0.2, 0.25) is 5.15 Å². The van der Waals surface area contributed by atoms with Crippen molar-refractivity contribution in [1.82, 2.24) is 19.5 Å². The molecule has 0 amide bonds. The maximum atomic E-state index is 12.8. The molecular formula is C31H23ClN4O2. The zero-order chi connectivity index (χ0) is 26.3. The lowest BCUT2D eigenvalue weighted by Crippen LogP contribution is -2.26. The molecule has 3 heterocycles. The second kappa shape index (κ2) is 11.6. The number of hydrogen-bond donors (Lipinski definition) is 0. The smallest absolute Gasteiger partial charge is 0.261 e. The fourth-order valence-electron chi connectivity index (χ4n) is 4.06. The number of aromatic nitrogens is 4. The van der Waals surface area contributed by atoms with Crippen LogP contribution in [0, 0.1) is 11.8 Å². The van der Waals surface area contributed by atoms with Gasteiger partial charge in [0.25, 0.3) is 5.56 Å². The minimum atomic E-state index is -0.332. The predicted molar refractivity (Wildman–Crippen MR) is 148 cm³/mol. The van der Waals surface area contributed by atoms with E-state index in [0.717, 1.165) is 33.4 Å². The van der Waals surface area contributed by atoms with Gasteiger partial charge in [0.05, 0.1) is 17.6 Å². The summed E-state index contributed by atoms with van der Waals surface area (Å²) in [4.78, 5) is 38.8. The van der Waals surface area contributed by atoms with Crippen LogP contribution in [0.4, 0.5) is 0 Å². The quantitative estimate of drug-likeness (QED) is 0.162. The predicted octanol–water partition coefficient (Wildman–Crippen LogP) is 5.49. The lowest BCUT2D eigenvalue weighted by Gasteiger charge is -2.07. The number of halogens is 1. The molecule has 0 N–H and O–H groups in total. The molecule has 0 aliphatic heterocycles. The van der Waals surface area contributed by atoms with E-state index >= 15 is 0 Å². The second-order valence-corrected chi connectivity index (χ2v) is 9.18. The van der Waals surface area contributed by atoms with Gasteiger partial charge in [-0.25, -0.2) is 15.0 Å². The topological polar surface area (TPSA) is 77.7 Å². The summed E-state index contributed by atoms with van der Waals surface area (Å²) >= 11 is 5.83.